The van der Waals surface area contributed by atoms with Crippen molar-refractivity contribution in [2.24, 2.45) is 0 Å². The lowest BCUT2D eigenvalue weighted by Crippen LogP contribution is -2.08. The molecule has 2 N–H and O–H groups in total. The number of aromatic nitrogens is 2. The van der Waals surface area contributed by atoms with Gasteiger partial charge in [0.05, 0.1) is 12.1 Å². The van der Waals surface area contributed by atoms with Crippen LogP contribution >= 0.6 is 0 Å². The Balaban J connectivity index is 1.48. The molecule has 0 atom stereocenters. The van der Waals surface area contributed by atoms with Crippen molar-refractivity contribution in [3.8, 4) is 11.4 Å². The van der Waals surface area contributed by atoms with Gasteiger partial charge in [-0.2, -0.15) is 0 Å². The van der Waals surface area contributed by atoms with Crippen molar-refractivity contribution in [2.45, 2.75) is 19.3 Å². The molecule has 0 aliphatic heterocycles. The molecule has 0 saturated heterocycles. The minimum Gasteiger partial charge on any atom is -0.493 e. The van der Waals surface area contributed by atoms with Gasteiger partial charge in [0.1, 0.15) is 11.6 Å². The first-order valence-corrected chi connectivity index (χ1v) is 10.4. The van der Waals surface area contributed by atoms with E-state index < -0.39 is 5.97 Å². The summed E-state index contributed by atoms with van der Waals surface area (Å²) in [5, 5.41) is 13.4. The van der Waals surface area contributed by atoms with E-state index in [-0.39, 0.29) is 6.42 Å². The van der Waals surface area contributed by atoms with Crippen molar-refractivity contribution in [1.82, 2.24) is 9.55 Å². The van der Waals surface area contributed by atoms with Crippen molar-refractivity contribution >= 4 is 22.7 Å². The standard InChI is InChI=1S/C25H25N3O3/c29-25(30)13-10-19-18-28(20-7-2-1-3-8-20)23-17-21(11-12-22(19)23)31-16-6-15-27-24-9-4-5-14-26-24/h1-5,7-9,11-12,14,17-18H,6,10,13,15-16H2,(H,26,27)(H,29,30). The number of fused-ring (bicyclic) bond motifs is 1. The Kier molecular flexibility index (Phi) is 6.47. The third kappa shape index (κ3) is 5.22. The van der Waals surface area contributed by atoms with Crippen LogP contribution in [0.5, 0.6) is 5.75 Å². The van der Waals surface area contributed by atoms with Gasteiger partial charge in [-0.3, -0.25) is 4.79 Å². The maximum absolute atomic E-state index is 11.1. The molecule has 158 valence electrons. The second-order valence-electron chi connectivity index (χ2n) is 7.28. The molecule has 2 aromatic heterocycles. The van der Waals surface area contributed by atoms with Gasteiger partial charge in [-0.1, -0.05) is 24.3 Å². The van der Waals surface area contributed by atoms with E-state index in [9.17, 15) is 4.79 Å². The molecule has 0 aliphatic carbocycles. The molecule has 0 bridgehead atoms. The van der Waals surface area contributed by atoms with Crippen LogP contribution in [0.4, 0.5) is 5.82 Å². The highest BCUT2D eigenvalue weighted by Crippen LogP contribution is 2.29. The zero-order valence-electron chi connectivity index (χ0n) is 17.2. The number of nitrogens with one attached hydrogen (secondary N) is 1. The average molecular weight is 415 g/mol. The fourth-order valence-corrected chi connectivity index (χ4v) is 3.56. The number of benzene rings is 2. The van der Waals surface area contributed by atoms with E-state index in [1.54, 1.807) is 6.20 Å². The Labute approximate surface area is 181 Å². The predicted octanol–water partition coefficient (Wildman–Crippen LogP) is 4.92. The zero-order valence-corrected chi connectivity index (χ0v) is 17.2. The molecule has 0 spiro atoms. The minimum atomic E-state index is -0.792. The van der Waals surface area contributed by atoms with Crippen LogP contribution in [-0.4, -0.2) is 33.8 Å². The van der Waals surface area contributed by atoms with E-state index in [1.807, 2.05) is 72.9 Å². The Bertz CT molecular complexity index is 1140. The number of aliphatic carboxylic acids is 1. The van der Waals surface area contributed by atoms with Crippen LogP contribution in [0, 0.1) is 0 Å². The van der Waals surface area contributed by atoms with E-state index >= 15 is 0 Å². The number of aryl methyl sites for hydroxylation is 1. The van der Waals surface area contributed by atoms with Gasteiger partial charge in [0, 0.05) is 42.5 Å². The fraction of sp³-hybridized carbons (Fsp3) is 0.200. The highest BCUT2D eigenvalue weighted by molar-refractivity contribution is 5.87. The van der Waals surface area contributed by atoms with E-state index in [1.165, 1.54) is 0 Å². The number of carbonyl (C=O) groups is 1. The first-order valence-electron chi connectivity index (χ1n) is 10.4. The number of hydrogen-bond donors (Lipinski definition) is 2. The van der Waals surface area contributed by atoms with Crippen LogP contribution in [0.15, 0.2) is 79.1 Å². The number of ether oxygens (including phenoxy) is 1. The van der Waals surface area contributed by atoms with E-state index in [0.29, 0.717) is 13.0 Å². The Morgan fingerprint density at radius 1 is 1.06 bits per heavy atom. The topological polar surface area (TPSA) is 76.4 Å². The summed E-state index contributed by atoms with van der Waals surface area (Å²) in [6.45, 7) is 1.36. The normalized spacial score (nSPS) is 10.8. The molecule has 31 heavy (non-hydrogen) atoms. The Morgan fingerprint density at radius 2 is 1.90 bits per heavy atom. The molecular weight excluding hydrogens is 390 g/mol. The lowest BCUT2D eigenvalue weighted by molar-refractivity contribution is -0.136. The summed E-state index contributed by atoms with van der Waals surface area (Å²) in [5.41, 5.74) is 3.06. The summed E-state index contributed by atoms with van der Waals surface area (Å²) in [4.78, 5) is 15.3. The minimum absolute atomic E-state index is 0.107. The van der Waals surface area contributed by atoms with Crippen molar-refractivity contribution < 1.29 is 14.6 Å². The molecule has 0 unspecified atom stereocenters. The van der Waals surface area contributed by atoms with Crippen LogP contribution in [-0.2, 0) is 11.2 Å². The van der Waals surface area contributed by atoms with Crippen LogP contribution < -0.4 is 10.1 Å². The molecule has 2 heterocycles. The van der Waals surface area contributed by atoms with Gasteiger partial charge >= 0.3 is 5.97 Å². The third-order valence-corrected chi connectivity index (χ3v) is 5.06. The molecule has 2 aromatic carbocycles. The van der Waals surface area contributed by atoms with E-state index in [0.717, 1.165) is 46.7 Å². The molecule has 0 aliphatic rings. The van der Waals surface area contributed by atoms with Crippen LogP contribution in [0.25, 0.3) is 16.6 Å². The summed E-state index contributed by atoms with van der Waals surface area (Å²) < 4.78 is 8.08. The summed E-state index contributed by atoms with van der Waals surface area (Å²) in [6.07, 6.45) is 5.24. The van der Waals surface area contributed by atoms with Gasteiger partial charge in [0.25, 0.3) is 0 Å². The number of carboxylic acid groups (broad SMARTS) is 1. The number of nitrogens with zero attached hydrogens (tertiary/aromatic N) is 2. The van der Waals surface area contributed by atoms with Crippen molar-refractivity contribution in [1.29, 1.82) is 0 Å². The summed E-state index contributed by atoms with van der Waals surface area (Å²) in [6, 6.07) is 21.8. The molecule has 6 heteroatoms. The summed E-state index contributed by atoms with van der Waals surface area (Å²) in [5.74, 6) is 0.865. The number of para-hydroxylation sites is 1. The quantitative estimate of drug-likeness (QED) is 0.360. The van der Waals surface area contributed by atoms with Gasteiger partial charge < -0.3 is 19.7 Å². The third-order valence-electron chi connectivity index (χ3n) is 5.06. The molecule has 6 nitrogen and oxygen atoms in total. The summed E-state index contributed by atoms with van der Waals surface area (Å²) in [7, 11) is 0. The van der Waals surface area contributed by atoms with Gasteiger partial charge in [-0.05, 0) is 54.8 Å². The molecule has 0 radical (unpaired) electrons. The maximum atomic E-state index is 11.1. The lowest BCUT2D eigenvalue weighted by Gasteiger charge is -2.09. The van der Waals surface area contributed by atoms with E-state index in [2.05, 4.69) is 14.9 Å². The Hall–Kier alpha value is -3.80. The molecule has 0 fully saturated rings. The average Bonchev–Trinajstić information content (AvgIpc) is 3.17. The number of rotatable bonds is 10. The lowest BCUT2D eigenvalue weighted by atomic mass is 10.1. The van der Waals surface area contributed by atoms with Crippen LogP contribution in [0.2, 0.25) is 0 Å². The summed E-state index contributed by atoms with van der Waals surface area (Å²) >= 11 is 0. The van der Waals surface area contributed by atoms with Gasteiger partial charge in [0.15, 0.2) is 0 Å². The molecule has 0 saturated carbocycles. The zero-order chi connectivity index (χ0) is 21.5. The van der Waals surface area contributed by atoms with Gasteiger partial charge in [-0.25, -0.2) is 4.98 Å². The maximum Gasteiger partial charge on any atom is 0.303 e. The molecule has 4 rings (SSSR count). The second kappa shape index (κ2) is 9.80. The van der Waals surface area contributed by atoms with Crippen molar-refractivity contribution in [2.75, 3.05) is 18.5 Å². The highest BCUT2D eigenvalue weighted by Gasteiger charge is 2.12. The number of carboxylic acids is 1. The number of pyridine rings is 1. The van der Waals surface area contributed by atoms with Crippen LogP contribution in [0.1, 0.15) is 18.4 Å². The van der Waals surface area contributed by atoms with Crippen molar-refractivity contribution in [3.05, 3.63) is 84.7 Å². The van der Waals surface area contributed by atoms with Gasteiger partial charge in [-0.15, -0.1) is 0 Å². The van der Waals surface area contributed by atoms with E-state index in [4.69, 9.17) is 9.84 Å². The number of anilines is 1. The molecule has 0 amide bonds. The first-order chi connectivity index (χ1) is 15.2. The predicted molar refractivity (Wildman–Crippen MR) is 122 cm³/mol. The van der Waals surface area contributed by atoms with Crippen molar-refractivity contribution in [3.63, 3.8) is 0 Å². The second-order valence-corrected chi connectivity index (χ2v) is 7.28. The SMILES string of the molecule is O=C(O)CCc1cn(-c2ccccc2)c2cc(OCCCNc3ccccn3)ccc12. The highest BCUT2D eigenvalue weighted by atomic mass is 16.5. The number of hydrogen-bond acceptors (Lipinski definition) is 4. The Morgan fingerprint density at radius 3 is 2.68 bits per heavy atom. The first kappa shape index (κ1) is 20.5. The molecular formula is C25H25N3O3. The van der Waals surface area contributed by atoms with Crippen LogP contribution in [0.3, 0.4) is 0 Å². The molecule has 4 aromatic rings. The largest absolute Gasteiger partial charge is 0.493 e. The van der Waals surface area contributed by atoms with Gasteiger partial charge in [0.2, 0.25) is 0 Å². The smallest absolute Gasteiger partial charge is 0.303 e. The fourth-order valence-electron chi connectivity index (χ4n) is 3.56. The monoisotopic (exact) mass is 415 g/mol.